The molecule has 0 unspecified atom stereocenters. The van der Waals surface area contributed by atoms with Crippen molar-refractivity contribution in [2.75, 3.05) is 12.4 Å². The normalized spacial score (nSPS) is 10.8. The van der Waals surface area contributed by atoms with Crippen LogP contribution in [0.25, 0.3) is 20.9 Å². The Morgan fingerprint density at radius 3 is 2.38 bits per heavy atom. The fourth-order valence-corrected chi connectivity index (χ4v) is 4.12. The van der Waals surface area contributed by atoms with Crippen molar-refractivity contribution < 1.29 is 14.3 Å². The second kappa shape index (κ2) is 6.61. The van der Waals surface area contributed by atoms with Crippen molar-refractivity contribution in [1.82, 2.24) is 0 Å². The molecule has 0 aliphatic heterocycles. The zero-order chi connectivity index (χ0) is 18.1. The molecule has 1 aromatic heterocycles. The highest BCUT2D eigenvalue weighted by atomic mass is 32.1. The van der Waals surface area contributed by atoms with Gasteiger partial charge in [0.15, 0.2) is 0 Å². The molecule has 0 radical (unpaired) electrons. The molecule has 0 fully saturated rings. The Morgan fingerprint density at radius 2 is 1.58 bits per heavy atom. The number of benzene rings is 3. The van der Waals surface area contributed by atoms with Gasteiger partial charge in [-0.3, -0.25) is 4.79 Å². The highest BCUT2D eigenvalue weighted by molar-refractivity contribution is 7.23. The van der Waals surface area contributed by atoms with Crippen molar-refractivity contribution >= 4 is 49.1 Å². The van der Waals surface area contributed by atoms with Gasteiger partial charge in [-0.15, -0.1) is 11.3 Å². The van der Waals surface area contributed by atoms with Gasteiger partial charge in [0.1, 0.15) is 10.6 Å². The van der Waals surface area contributed by atoms with Crippen molar-refractivity contribution in [3.8, 4) is 0 Å². The fourth-order valence-electron chi connectivity index (χ4n) is 3.03. The lowest BCUT2D eigenvalue weighted by atomic mass is 10.0. The summed E-state index contributed by atoms with van der Waals surface area (Å²) in [6, 6.07) is 20.8. The standard InChI is InChI=1S/C21H15NO3S/c1-25-21(24)18-16-10-4-5-12-17(16)26-20(18)22-19(23)15-11-6-8-13-7-2-3-9-14(13)15/h2-12H,1H3,(H,22,23). The van der Waals surface area contributed by atoms with Gasteiger partial charge in [0.2, 0.25) is 0 Å². The minimum Gasteiger partial charge on any atom is -0.465 e. The predicted octanol–water partition coefficient (Wildman–Crippen LogP) is 5.09. The minimum atomic E-state index is -0.462. The van der Waals surface area contributed by atoms with Crippen LogP contribution < -0.4 is 5.32 Å². The molecular formula is C21H15NO3S. The molecule has 0 bridgehead atoms. The van der Waals surface area contributed by atoms with Crippen LogP contribution in [0.5, 0.6) is 0 Å². The summed E-state index contributed by atoms with van der Waals surface area (Å²) < 4.78 is 5.84. The molecule has 0 saturated carbocycles. The van der Waals surface area contributed by atoms with E-state index in [1.165, 1.54) is 18.4 Å². The molecule has 0 atom stereocenters. The van der Waals surface area contributed by atoms with Crippen molar-refractivity contribution in [3.63, 3.8) is 0 Å². The van der Waals surface area contributed by atoms with E-state index in [4.69, 9.17) is 4.74 Å². The molecule has 3 aromatic carbocycles. The second-order valence-electron chi connectivity index (χ2n) is 5.77. The van der Waals surface area contributed by atoms with Crippen molar-refractivity contribution in [2.45, 2.75) is 0 Å². The monoisotopic (exact) mass is 361 g/mol. The number of nitrogens with one attached hydrogen (secondary N) is 1. The Morgan fingerprint density at radius 1 is 0.885 bits per heavy atom. The third-order valence-corrected chi connectivity index (χ3v) is 5.33. The molecule has 0 aliphatic carbocycles. The van der Waals surface area contributed by atoms with E-state index in [1.54, 1.807) is 6.07 Å². The molecule has 0 aliphatic rings. The molecule has 1 amide bonds. The molecule has 5 heteroatoms. The van der Waals surface area contributed by atoms with E-state index in [0.29, 0.717) is 16.1 Å². The molecule has 4 aromatic rings. The summed E-state index contributed by atoms with van der Waals surface area (Å²) in [5, 5.41) is 6.03. The summed E-state index contributed by atoms with van der Waals surface area (Å²) in [4.78, 5) is 25.2. The molecular weight excluding hydrogens is 346 g/mol. The van der Waals surface area contributed by atoms with E-state index >= 15 is 0 Å². The largest absolute Gasteiger partial charge is 0.465 e. The Labute approximate surface area is 154 Å². The quantitative estimate of drug-likeness (QED) is 0.517. The number of thiophene rings is 1. The van der Waals surface area contributed by atoms with Crippen LogP contribution in [0.4, 0.5) is 5.00 Å². The number of hydrogen-bond acceptors (Lipinski definition) is 4. The molecule has 4 rings (SSSR count). The number of fused-ring (bicyclic) bond motifs is 2. The molecule has 128 valence electrons. The molecule has 1 heterocycles. The molecule has 0 saturated heterocycles. The van der Waals surface area contributed by atoms with Gasteiger partial charge in [-0.25, -0.2) is 4.79 Å². The van der Waals surface area contributed by atoms with Gasteiger partial charge in [0.25, 0.3) is 5.91 Å². The zero-order valence-corrected chi connectivity index (χ0v) is 14.8. The minimum absolute atomic E-state index is 0.251. The lowest BCUT2D eigenvalue weighted by molar-refractivity contribution is 0.0604. The third kappa shape index (κ3) is 2.72. The number of carbonyl (C=O) groups excluding carboxylic acids is 2. The smallest absolute Gasteiger partial charge is 0.341 e. The maximum absolute atomic E-state index is 12.9. The molecule has 1 N–H and O–H groups in total. The third-order valence-electron chi connectivity index (χ3n) is 4.25. The number of hydrogen-bond donors (Lipinski definition) is 1. The molecule has 26 heavy (non-hydrogen) atoms. The van der Waals surface area contributed by atoms with Crippen LogP contribution >= 0.6 is 11.3 Å². The number of esters is 1. The number of carbonyl (C=O) groups is 2. The van der Waals surface area contributed by atoms with Crippen molar-refractivity contribution in [2.24, 2.45) is 0 Å². The Bertz CT molecular complexity index is 1140. The Kier molecular flexibility index (Phi) is 4.14. The summed E-state index contributed by atoms with van der Waals surface area (Å²) >= 11 is 1.36. The van der Waals surface area contributed by atoms with Crippen LogP contribution in [-0.2, 0) is 4.74 Å². The average molecular weight is 361 g/mol. The van der Waals surface area contributed by atoms with Gasteiger partial charge in [-0.1, -0.05) is 54.6 Å². The molecule has 4 nitrogen and oxygen atoms in total. The first-order chi connectivity index (χ1) is 12.7. The SMILES string of the molecule is COC(=O)c1c(NC(=O)c2cccc3ccccc23)sc2ccccc12. The lowest BCUT2D eigenvalue weighted by Crippen LogP contribution is -2.14. The van der Waals surface area contributed by atoms with E-state index < -0.39 is 5.97 Å². The van der Waals surface area contributed by atoms with Gasteiger partial charge in [-0.2, -0.15) is 0 Å². The van der Waals surface area contributed by atoms with E-state index in [9.17, 15) is 9.59 Å². The second-order valence-corrected chi connectivity index (χ2v) is 6.83. The van der Waals surface area contributed by atoms with Crippen LogP contribution in [0.2, 0.25) is 0 Å². The first-order valence-corrected chi connectivity index (χ1v) is 8.89. The van der Waals surface area contributed by atoms with E-state index in [-0.39, 0.29) is 5.91 Å². The van der Waals surface area contributed by atoms with Gasteiger partial charge in [0, 0.05) is 15.6 Å². The van der Waals surface area contributed by atoms with E-state index in [0.717, 1.165) is 20.9 Å². The topological polar surface area (TPSA) is 55.4 Å². The van der Waals surface area contributed by atoms with Crippen molar-refractivity contribution in [1.29, 1.82) is 0 Å². The van der Waals surface area contributed by atoms with Crippen LogP contribution in [0.1, 0.15) is 20.7 Å². The number of rotatable bonds is 3. The maximum Gasteiger partial charge on any atom is 0.341 e. The number of ether oxygens (including phenoxy) is 1. The molecule has 0 spiro atoms. The number of anilines is 1. The highest BCUT2D eigenvalue weighted by Crippen LogP contribution is 2.36. The van der Waals surface area contributed by atoms with Gasteiger partial charge < -0.3 is 10.1 Å². The summed E-state index contributed by atoms with van der Waals surface area (Å²) in [6.07, 6.45) is 0. The van der Waals surface area contributed by atoms with Crippen molar-refractivity contribution in [3.05, 3.63) is 77.9 Å². The predicted molar refractivity (Wildman–Crippen MR) is 105 cm³/mol. The number of methoxy groups -OCH3 is 1. The van der Waals surface area contributed by atoms with Crippen LogP contribution in [0.15, 0.2) is 66.7 Å². The Balaban J connectivity index is 1.79. The van der Waals surface area contributed by atoms with Gasteiger partial charge in [-0.05, 0) is 22.9 Å². The summed E-state index contributed by atoms with van der Waals surface area (Å²) in [7, 11) is 1.34. The zero-order valence-electron chi connectivity index (χ0n) is 14.0. The summed E-state index contributed by atoms with van der Waals surface area (Å²) in [5.74, 6) is -0.714. The lowest BCUT2D eigenvalue weighted by Gasteiger charge is -2.08. The Hall–Kier alpha value is -3.18. The van der Waals surface area contributed by atoms with E-state index in [2.05, 4.69) is 5.32 Å². The summed E-state index contributed by atoms with van der Waals surface area (Å²) in [6.45, 7) is 0. The van der Waals surface area contributed by atoms with E-state index in [1.807, 2.05) is 60.7 Å². The first-order valence-electron chi connectivity index (χ1n) is 8.08. The van der Waals surface area contributed by atoms with Crippen LogP contribution in [0.3, 0.4) is 0 Å². The first kappa shape index (κ1) is 16.3. The van der Waals surface area contributed by atoms with Crippen LogP contribution in [-0.4, -0.2) is 19.0 Å². The van der Waals surface area contributed by atoms with Crippen LogP contribution in [0, 0.1) is 0 Å². The van der Waals surface area contributed by atoms with Gasteiger partial charge >= 0.3 is 5.97 Å². The highest BCUT2D eigenvalue weighted by Gasteiger charge is 2.21. The maximum atomic E-state index is 12.9. The number of amides is 1. The summed E-state index contributed by atoms with van der Waals surface area (Å²) in [5.41, 5.74) is 0.957. The fraction of sp³-hybridized carbons (Fsp3) is 0.0476. The van der Waals surface area contributed by atoms with Gasteiger partial charge in [0.05, 0.1) is 7.11 Å². The average Bonchev–Trinajstić information content (AvgIpc) is 3.04.